The van der Waals surface area contributed by atoms with Crippen molar-refractivity contribution in [2.45, 2.75) is 6.92 Å². The molecule has 3 heterocycles. The average Bonchev–Trinajstić information content (AvgIpc) is 3.21. The van der Waals surface area contributed by atoms with Gasteiger partial charge in [0.25, 0.3) is 5.56 Å². The van der Waals surface area contributed by atoms with Crippen molar-refractivity contribution in [1.82, 2.24) is 14.8 Å². The summed E-state index contributed by atoms with van der Waals surface area (Å²) in [7, 11) is 1.95. The lowest BCUT2D eigenvalue weighted by molar-refractivity contribution is 0.928. The molecule has 0 amide bonds. The number of aliphatic imine (C=N–C) groups is 1. The molecule has 0 bridgehead atoms. The Morgan fingerprint density at radius 3 is 2.87 bits per heavy atom. The van der Waals surface area contributed by atoms with Crippen LogP contribution in [0.4, 0.5) is 5.69 Å². The van der Waals surface area contributed by atoms with Crippen LogP contribution >= 0.6 is 0 Å². The Labute approximate surface area is 133 Å². The lowest BCUT2D eigenvalue weighted by Gasteiger charge is -2.01. The Morgan fingerprint density at radius 1 is 1.22 bits per heavy atom. The summed E-state index contributed by atoms with van der Waals surface area (Å²) in [5, 5.41) is 5.64. The fourth-order valence-corrected chi connectivity index (χ4v) is 2.86. The third kappa shape index (κ3) is 2.26. The van der Waals surface area contributed by atoms with Crippen LogP contribution in [0.1, 0.15) is 16.7 Å². The van der Waals surface area contributed by atoms with Gasteiger partial charge in [-0.25, -0.2) is 0 Å². The first-order chi connectivity index (χ1) is 11.1. The van der Waals surface area contributed by atoms with Crippen LogP contribution in [0.25, 0.3) is 22.9 Å². The minimum absolute atomic E-state index is 0.134. The number of hydrogen-bond acceptors (Lipinski definition) is 2. The Hall–Kier alpha value is -3.08. The third-order valence-electron chi connectivity index (χ3n) is 4.04. The van der Waals surface area contributed by atoms with E-state index < -0.39 is 0 Å². The Kier molecular flexibility index (Phi) is 2.94. The van der Waals surface area contributed by atoms with Gasteiger partial charge in [-0.3, -0.25) is 20.0 Å². The molecule has 0 atom stereocenters. The second-order valence-electron chi connectivity index (χ2n) is 5.81. The maximum absolute atomic E-state index is 12.2. The van der Waals surface area contributed by atoms with Gasteiger partial charge in [0, 0.05) is 42.4 Å². The predicted octanol–water partition coefficient (Wildman–Crippen LogP) is 3.27. The normalized spacial score (nSPS) is 14.6. The monoisotopic (exact) mass is 304 g/mol. The smallest absolute Gasteiger partial charge is 0.271 e. The van der Waals surface area contributed by atoms with E-state index in [9.17, 15) is 4.79 Å². The number of aryl methyl sites for hydroxylation is 2. The van der Waals surface area contributed by atoms with Gasteiger partial charge in [0.2, 0.25) is 0 Å². The molecule has 0 saturated heterocycles. The molecule has 0 aliphatic carbocycles. The number of nitrogens with one attached hydrogen (secondary N) is 2. The van der Waals surface area contributed by atoms with Crippen LogP contribution in [0.2, 0.25) is 0 Å². The molecule has 0 unspecified atom stereocenters. The fraction of sp³-hybridized carbons (Fsp3) is 0.111. The second-order valence-corrected chi connectivity index (χ2v) is 5.81. The largest absolute Gasteiger partial charge is 0.357 e. The zero-order valence-electron chi connectivity index (χ0n) is 12.9. The van der Waals surface area contributed by atoms with Gasteiger partial charge in [0.05, 0.1) is 16.9 Å². The molecule has 1 aliphatic rings. The van der Waals surface area contributed by atoms with Gasteiger partial charge in [0.1, 0.15) is 0 Å². The quantitative estimate of drug-likeness (QED) is 0.749. The van der Waals surface area contributed by atoms with E-state index in [1.54, 1.807) is 0 Å². The zero-order valence-corrected chi connectivity index (χ0v) is 12.9. The molecule has 23 heavy (non-hydrogen) atoms. The molecular weight excluding hydrogens is 288 g/mol. The minimum atomic E-state index is -0.134. The highest BCUT2D eigenvalue weighted by atomic mass is 16.1. The summed E-state index contributed by atoms with van der Waals surface area (Å²) in [5.41, 5.74) is 6.36. The number of benzene rings is 1. The van der Waals surface area contributed by atoms with Crippen molar-refractivity contribution in [2.24, 2.45) is 12.0 Å². The number of rotatable bonds is 2. The molecule has 4 rings (SSSR count). The number of aromatic nitrogens is 3. The van der Waals surface area contributed by atoms with Gasteiger partial charge in [-0.2, -0.15) is 0 Å². The number of aromatic amines is 2. The molecule has 114 valence electrons. The third-order valence-corrected chi connectivity index (χ3v) is 4.04. The van der Waals surface area contributed by atoms with E-state index in [0.29, 0.717) is 5.56 Å². The maximum Gasteiger partial charge on any atom is 0.271 e. The van der Waals surface area contributed by atoms with E-state index in [2.05, 4.69) is 21.3 Å². The lowest BCUT2D eigenvalue weighted by atomic mass is 10.0. The van der Waals surface area contributed by atoms with Crippen LogP contribution in [0.3, 0.4) is 0 Å². The molecule has 5 nitrogen and oxygen atoms in total. The summed E-state index contributed by atoms with van der Waals surface area (Å²) >= 11 is 0. The van der Waals surface area contributed by atoms with E-state index in [1.807, 2.05) is 61.4 Å². The zero-order chi connectivity index (χ0) is 16.0. The van der Waals surface area contributed by atoms with Gasteiger partial charge >= 0.3 is 0 Å². The molecule has 0 fully saturated rings. The molecule has 5 heteroatoms. The van der Waals surface area contributed by atoms with Crippen LogP contribution in [0.5, 0.6) is 0 Å². The van der Waals surface area contributed by atoms with Gasteiger partial charge in [0.15, 0.2) is 0 Å². The van der Waals surface area contributed by atoms with Crippen molar-refractivity contribution in [3.05, 3.63) is 63.7 Å². The average molecular weight is 304 g/mol. The van der Waals surface area contributed by atoms with Crippen LogP contribution in [0.15, 0.2) is 46.4 Å². The predicted molar refractivity (Wildman–Crippen MR) is 93.0 cm³/mol. The summed E-state index contributed by atoms with van der Waals surface area (Å²) in [6.07, 6.45) is 7.63. The Morgan fingerprint density at radius 2 is 2.09 bits per heavy atom. The number of hydrogen-bond donors (Lipinski definition) is 2. The van der Waals surface area contributed by atoms with Crippen molar-refractivity contribution >= 4 is 23.6 Å². The standard InChI is InChI=1S/C18H16N4O/c1-11-3-4-14-13(9-19-16(14)7-11)8-15-17(20-21-18(15)23)12-5-6-22(2)10-12/h3-10H,1-2H3,(H2,20,21,23)/b13-8+. The summed E-state index contributed by atoms with van der Waals surface area (Å²) < 4.78 is 1.95. The summed E-state index contributed by atoms with van der Waals surface area (Å²) in [6, 6.07) is 8.13. The van der Waals surface area contributed by atoms with Crippen molar-refractivity contribution in [2.75, 3.05) is 0 Å². The van der Waals surface area contributed by atoms with Crippen LogP contribution in [0, 0.1) is 6.92 Å². The van der Waals surface area contributed by atoms with E-state index in [-0.39, 0.29) is 5.56 Å². The first kappa shape index (κ1) is 13.6. The molecule has 0 radical (unpaired) electrons. The van der Waals surface area contributed by atoms with E-state index in [1.165, 1.54) is 5.56 Å². The Balaban J connectivity index is 1.84. The SMILES string of the molecule is Cc1ccc2c(c1)N=C/C2=C\c1c(-c2ccn(C)c2)[nH][nH]c1=O. The molecule has 1 aliphatic heterocycles. The minimum Gasteiger partial charge on any atom is -0.357 e. The highest BCUT2D eigenvalue weighted by Gasteiger charge is 2.16. The Bertz CT molecular complexity index is 1010. The van der Waals surface area contributed by atoms with E-state index in [4.69, 9.17) is 0 Å². The van der Waals surface area contributed by atoms with Crippen molar-refractivity contribution in [3.63, 3.8) is 0 Å². The second kappa shape index (κ2) is 4.98. The summed E-state index contributed by atoms with van der Waals surface area (Å²) in [4.78, 5) is 16.6. The lowest BCUT2D eigenvalue weighted by Crippen LogP contribution is -2.02. The number of H-pyrrole nitrogens is 2. The van der Waals surface area contributed by atoms with Gasteiger partial charge in [-0.15, -0.1) is 0 Å². The van der Waals surface area contributed by atoms with Crippen molar-refractivity contribution in [3.8, 4) is 11.3 Å². The topological polar surface area (TPSA) is 65.9 Å². The van der Waals surface area contributed by atoms with E-state index in [0.717, 1.165) is 28.1 Å². The van der Waals surface area contributed by atoms with Gasteiger partial charge in [-0.1, -0.05) is 12.1 Å². The van der Waals surface area contributed by atoms with Crippen LogP contribution in [-0.4, -0.2) is 21.0 Å². The van der Waals surface area contributed by atoms with Crippen LogP contribution < -0.4 is 5.56 Å². The highest BCUT2D eigenvalue weighted by Crippen LogP contribution is 2.34. The van der Waals surface area contributed by atoms with Gasteiger partial charge in [-0.05, 0) is 30.7 Å². The molecule has 1 aromatic carbocycles. The summed E-state index contributed by atoms with van der Waals surface area (Å²) in [6.45, 7) is 2.04. The highest BCUT2D eigenvalue weighted by molar-refractivity contribution is 6.21. The number of allylic oxidation sites excluding steroid dienone is 1. The molecule has 2 aromatic heterocycles. The molecular formula is C18H16N4O. The van der Waals surface area contributed by atoms with Crippen molar-refractivity contribution in [1.29, 1.82) is 0 Å². The van der Waals surface area contributed by atoms with Crippen molar-refractivity contribution < 1.29 is 0 Å². The summed E-state index contributed by atoms with van der Waals surface area (Å²) in [5.74, 6) is 0. The molecule has 3 aromatic rings. The fourth-order valence-electron chi connectivity index (χ4n) is 2.86. The first-order valence-electron chi connectivity index (χ1n) is 7.41. The molecule has 0 spiro atoms. The number of nitrogens with zero attached hydrogens (tertiary/aromatic N) is 2. The van der Waals surface area contributed by atoms with E-state index >= 15 is 0 Å². The van der Waals surface area contributed by atoms with Crippen LogP contribution in [-0.2, 0) is 7.05 Å². The first-order valence-corrected chi connectivity index (χ1v) is 7.41. The molecule has 0 saturated carbocycles. The van der Waals surface area contributed by atoms with Gasteiger partial charge < -0.3 is 4.57 Å². The molecule has 2 N–H and O–H groups in total. The maximum atomic E-state index is 12.2. The number of fused-ring (bicyclic) bond motifs is 1.